The largest absolute Gasteiger partial charge is 0.346 e. The molecule has 160 valence electrons. The van der Waals surface area contributed by atoms with Crippen LogP contribution in [0.1, 0.15) is 31.8 Å². The van der Waals surface area contributed by atoms with Crippen LogP contribution in [0.3, 0.4) is 0 Å². The van der Waals surface area contributed by atoms with E-state index in [9.17, 15) is 4.79 Å². The van der Waals surface area contributed by atoms with Crippen LogP contribution < -0.4 is 5.32 Å². The van der Waals surface area contributed by atoms with E-state index in [2.05, 4.69) is 25.6 Å². The number of carbonyl (C=O) groups is 1. The second kappa shape index (κ2) is 8.64. The van der Waals surface area contributed by atoms with Crippen LogP contribution in [0.25, 0.3) is 16.6 Å². The monoisotopic (exact) mass is 461 g/mol. The summed E-state index contributed by atoms with van der Waals surface area (Å²) in [6.07, 6.45) is 0. The highest BCUT2D eigenvalue weighted by molar-refractivity contribution is 7.98. The van der Waals surface area contributed by atoms with E-state index in [-0.39, 0.29) is 5.91 Å². The topological polar surface area (TPSA) is 98.0 Å². The molecule has 5 rings (SSSR count). The molecule has 10 heteroatoms. The van der Waals surface area contributed by atoms with Gasteiger partial charge >= 0.3 is 0 Å². The highest BCUT2D eigenvalue weighted by Crippen LogP contribution is 2.27. The summed E-state index contributed by atoms with van der Waals surface area (Å²) in [4.78, 5) is 21.7. The molecule has 8 nitrogen and oxygen atoms in total. The molecule has 1 amide bonds. The van der Waals surface area contributed by atoms with Crippen LogP contribution in [0, 0.1) is 13.8 Å². The normalized spacial score (nSPS) is 11.3. The lowest BCUT2D eigenvalue weighted by atomic mass is 10.1. The lowest BCUT2D eigenvalue weighted by Crippen LogP contribution is -2.22. The smallest absolute Gasteiger partial charge is 0.282 e. The number of aromatic nitrogens is 6. The van der Waals surface area contributed by atoms with Crippen LogP contribution in [0.4, 0.5) is 0 Å². The number of amides is 1. The number of nitrogens with one attached hydrogen (secondary N) is 1. The van der Waals surface area contributed by atoms with Gasteiger partial charge in [0.2, 0.25) is 5.01 Å². The Labute approximate surface area is 192 Å². The van der Waals surface area contributed by atoms with E-state index < -0.39 is 0 Å². The Balaban J connectivity index is 1.29. The Bertz CT molecular complexity index is 1430. The van der Waals surface area contributed by atoms with E-state index in [1.54, 1.807) is 4.52 Å². The number of hydrogen-bond acceptors (Lipinski definition) is 8. The Hall–Kier alpha value is -3.37. The summed E-state index contributed by atoms with van der Waals surface area (Å²) in [5.74, 6) is 0.994. The quantitative estimate of drug-likeness (QED) is 0.302. The molecule has 0 aliphatic carbocycles. The van der Waals surface area contributed by atoms with Crippen molar-refractivity contribution in [3.63, 3.8) is 0 Å². The predicted octanol–water partition coefficient (Wildman–Crippen LogP) is 3.97. The lowest BCUT2D eigenvalue weighted by Gasteiger charge is -2.05. The van der Waals surface area contributed by atoms with Gasteiger partial charge in [-0.3, -0.25) is 4.79 Å². The zero-order valence-electron chi connectivity index (χ0n) is 17.4. The van der Waals surface area contributed by atoms with Gasteiger partial charge in [0.05, 0.1) is 11.3 Å². The first kappa shape index (κ1) is 20.5. The minimum atomic E-state index is -0.225. The number of hydrogen-bond donors (Lipinski definition) is 1. The first-order valence-electron chi connectivity index (χ1n) is 9.98. The summed E-state index contributed by atoms with van der Waals surface area (Å²) in [5.41, 5.74) is 3.87. The molecule has 32 heavy (non-hydrogen) atoms. The predicted molar refractivity (Wildman–Crippen MR) is 125 cm³/mol. The van der Waals surface area contributed by atoms with Crippen molar-refractivity contribution in [2.75, 3.05) is 0 Å². The van der Waals surface area contributed by atoms with Gasteiger partial charge in [-0.1, -0.05) is 65.1 Å². The third-order valence-electron chi connectivity index (χ3n) is 4.81. The van der Waals surface area contributed by atoms with E-state index in [1.807, 2.05) is 62.4 Å². The number of aryl methyl sites for hydroxylation is 2. The minimum Gasteiger partial charge on any atom is -0.346 e. The van der Waals surface area contributed by atoms with Crippen LogP contribution in [0.5, 0.6) is 0 Å². The molecule has 3 heterocycles. The molecule has 5 aromatic rings. The molecule has 0 atom stereocenters. The average molecular weight is 462 g/mol. The molecule has 0 radical (unpaired) electrons. The van der Waals surface area contributed by atoms with Gasteiger partial charge in [-0.15, -0.1) is 15.3 Å². The van der Waals surface area contributed by atoms with Crippen molar-refractivity contribution in [3.8, 4) is 0 Å². The van der Waals surface area contributed by atoms with Gasteiger partial charge in [-0.05, 0) is 31.5 Å². The van der Waals surface area contributed by atoms with Crippen LogP contribution in [0.2, 0.25) is 0 Å². The van der Waals surface area contributed by atoms with Crippen molar-refractivity contribution in [1.29, 1.82) is 0 Å². The standard InChI is InChI=1S/C22H19N7OS2/c1-13-7-9-15(10-8-13)11-23-20(30)21-27-26-18(32-21)12-31-22-25-17-6-4-3-5-16(17)19-24-14(2)28-29(19)22/h3-10H,11-12H2,1-2H3,(H,23,30). The second-order valence-corrected chi connectivity index (χ2v) is 9.27. The molecule has 0 bridgehead atoms. The highest BCUT2D eigenvalue weighted by Gasteiger charge is 2.16. The van der Waals surface area contributed by atoms with E-state index in [4.69, 9.17) is 4.98 Å². The molecular weight excluding hydrogens is 442 g/mol. The molecule has 3 aromatic heterocycles. The third-order valence-corrected chi connectivity index (χ3v) is 6.86. The summed E-state index contributed by atoms with van der Waals surface area (Å²) in [5, 5.41) is 18.4. The van der Waals surface area contributed by atoms with Gasteiger partial charge in [-0.2, -0.15) is 4.52 Å². The summed E-state index contributed by atoms with van der Waals surface area (Å²) in [7, 11) is 0. The van der Waals surface area contributed by atoms with Gasteiger partial charge in [0, 0.05) is 11.9 Å². The third kappa shape index (κ3) is 4.19. The number of rotatable bonds is 6. The van der Waals surface area contributed by atoms with Crippen LogP contribution in [-0.2, 0) is 12.3 Å². The van der Waals surface area contributed by atoms with Crippen molar-refractivity contribution in [2.24, 2.45) is 0 Å². The molecule has 0 spiro atoms. The first-order chi connectivity index (χ1) is 15.6. The fourth-order valence-corrected chi connectivity index (χ4v) is 4.91. The van der Waals surface area contributed by atoms with Crippen molar-refractivity contribution in [2.45, 2.75) is 31.3 Å². The van der Waals surface area contributed by atoms with Crippen molar-refractivity contribution < 1.29 is 4.79 Å². The van der Waals surface area contributed by atoms with Gasteiger partial charge in [0.25, 0.3) is 5.91 Å². The maximum absolute atomic E-state index is 12.5. The van der Waals surface area contributed by atoms with Crippen LogP contribution >= 0.6 is 23.1 Å². The average Bonchev–Trinajstić information content (AvgIpc) is 3.43. The van der Waals surface area contributed by atoms with Crippen LogP contribution in [-0.4, -0.2) is 35.7 Å². The van der Waals surface area contributed by atoms with Gasteiger partial charge < -0.3 is 5.32 Å². The minimum absolute atomic E-state index is 0.225. The Morgan fingerprint density at radius 3 is 2.72 bits per heavy atom. The Morgan fingerprint density at radius 2 is 1.88 bits per heavy atom. The van der Waals surface area contributed by atoms with Crippen molar-refractivity contribution in [3.05, 3.63) is 75.5 Å². The lowest BCUT2D eigenvalue weighted by molar-refractivity contribution is 0.0950. The highest BCUT2D eigenvalue weighted by atomic mass is 32.2. The van der Waals surface area contributed by atoms with Crippen LogP contribution in [0.15, 0.2) is 53.7 Å². The SMILES string of the molecule is Cc1ccc(CNC(=O)c2nnc(CSc3nc4ccccc4c4nc(C)nn34)s2)cc1. The zero-order chi connectivity index (χ0) is 22.1. The van der Waals surface area contributed by atoms with E-state index in [0.717, 1.165) is 32.3 Å². The Morgan fingerprint density at radius 1 is 1.06 bits per heavy atom. The molecular formula is C22H19N7OS2. The van der Waals surface area contributed by atoms with Crippen molar-refractivity contribution in [1.82, 2.24) is 35.1 Å². The molecule has 0 saturated carbocycles. The van der Waals surface area contributed by atoms with Gasteiger partial charge in [0.15, 0.2) is 10.8 Å². The molecule has 1 N–H and O–H groups in total. The maximum atomic E-state index is 12.5. The molecule has 0 saturated heterocycles. The number of nitrogens with zero attached hydrogens (tertiary/aromatic N) is 6. The number of benzene rings is 2. The summed E-state index contributed by atoms with van der Waals surface area (Å²) < 4.78 is 1.76. The van der Waals surface area contributed by atoms with Crippen molar-refractivity contribution >= 4 is 45.6 Å². The fourth-order valence-electron chi connectivity index (χ4n) is 3.22. The molecule has 0 aliphatic heterocycles. The second-order valence-electron chi connectivity index (χ2n) is 7.26. The van der Waals surface area contributed by atoms with E-state index in [1.165, 1.54) is 28.7 Å². The van der Waals surface area contributed by atoms with E-state index >= 15 is 0 Å². The van der Waals surface area contributed by atoms with Gasteiger partial charge in [-0.25, -0.2) is 9.97 Å². The summed E-state index contributed by atoms with van der Waals surface area (Å²) in [6.45, 7) is 4.35. The fraction of sp³-hybridized carbons (Fsp3) is 0.182. The maximum Gasteiger partial charge on any atom is 0.282 e. The number of fused-ring (bicyclic) bond motifs is 3. The first-order valence-corrected chi connectivity index (χ1v) is 11.8. The zero-order valence-corrected chi connectivity index (χ0v) is 19.1. The number of carbonyl (C=O) groups excluding carboxylic acids is 1. The number of thioether (sulfide) groups is 1. The number of para-hydroxylation sites is 1. The summed E-state index contributed by atoms with van der Waals surface area (Å²) in [6, 6.07) is 15.9. The molecule has 0 unspecified atom stereocenters. The van der Waals surface area contributed by atoms with Gasteiger partial charge in [0.1, 0.15) is 10.8 Å². The van der Waals surface area contributed by atoms with E-state index in [0.29, 0.717) is 23.1 Å². The molecule has 0 aliphatic rings. The molecule has 2 aromatic carbocycles. The summed E-state index contributed by atoms with van der Waals surface area (Å²) >= 11 is 2.78. The molecule has 0 fully saturated rings. The Kier molecular flexibility index (Phi) is 5.54.